The third-order valence-corrected chi connectivity index (χ3v) is 6.80. The summed E-state index contributed by atoms with van der Waals surface area (Å²) < 4.78 is 13.0. The zero-order chi connectivity index (χ0) is 22.2. The first-order chi connectivity index (χ1) is 15.7. The number of rotatable bonds is 8. The SMILES string of the molecule is Cc1nnc(CN=C(NCCCN2CCOCC2)N2CCC(CN3CCOCC3)C2)n1C.I. The molecule has 1 aromatic rings. The van der Waals surface area contributed by atoms with Crippen molar-refractivity contribution in [2.75, 3.05) is 85.3 Å². The van der Waals surface area contributed by atoms with Gasteiger partial charge in [-0.2, -0.15) is 0 Å². The molecule has 0 aliphatic carbocycles. The van der Waals surface area contributed by atoms with Crippen LogP contribution < -0.4 is 5.32 Å². The Kier molecular flexibility index (Phi) is 11.1. The molecule has 1 unspecified atom stereocenters. The number of halogens is 1. The molecule has 33 heavy (non-hydrogen) atoms. The number of aliphatic imine (C=N–C) groups is 1. The number of ether oxygens (including phenoxy) is 2. The number of nitrogens with one attached hydrogen (secondary N) is 1. The van der Waals surface area contributed by atoms with E-state index >= 15 is 0 Å². The molecule has 1 aromatic heterocycles. The Labute approximate surface area is 215 Å². The van der Waals surface area contributed by atoms with Crippen LogP contribution in [0.4, 0.5) is 0 Å². The molecule has 11 heteroatoms. The Morgan fingerprint density at radius 1 is 1.03 bits per heavy atom. The Hall–Kier alpha value is -1.02. The van der Waals surface area contributed by atoms with Crippen molar-refractivity contribution in [2.45, 2.75) is 26.3 Å². The molecule has 0 spiro atoms. The van der Waals surface area contributed by atoms with Crippen molar-refractivity contribution in [3.63, 3.8) is 0 Å². The molecule has 4 heterocycles. The summed E-state index contributed by atoms with van der Waals surface area (Å²) in [5, 5.41) is 12.1. The van der Waals surface area contributed by atoms with Gasteiger partial charge in [0.2, 0.25) is 0 Å². The van der Waals surface area contributed by atoms with Gasteiger partial charge in [0, 0.05) is 59.4 Å². The van der Waals surface area contributed by atoms with Crippen LogP contribution in [0.1, 0.15) is 24.5 Å². The predicted molar refractivity (Wildman–Crippen MR) is 139 cm³/mol. The van der Waals surface area contributed by atoms with Gasteiger partial charge in [0.15, 0.2) is 11.8 Å². The first-order valence-electron chi connectivity index (χ1n) is 12.2. The zero-order valence-electron chi connectivity index (χ0n) is 20.2. The molecule has 1 N–H and O–H groups in total. The lowest BCUT2D eigenvalue weighted by Gasteiger charge is -2.29. The van der Waals surface area contributed by atoms with Gasteiger partial charge < -0.3 is 24.3 Å². The van der Waals surface area contributed by atoms with Crippen LogP contribution in [-0.2, 0) is 23.1 Å². The summed E-state index contributed by atoms with van der Waals surface area (Å²) in [5.41, 5.74) is 0. The van der Waals surface area contributed by atoms with Crippen molar-refractivity contribution >= 4 is 29.9 Å². The van der Waals surface area contributed by atoms with Crippen molar-refractivity contribution in [1.29, 1.82) is 0 Å². The third kappa shape index (κ3) is 8.01. The molecule has 0 amide bonds. The summed E-state index contributed by atoms with van der Waals surface area (Å²) in [4.78, 5) is 12.4. The number of aryl methyl sites for hydroxylation is 1. The molecule has 4 rings (SSSR count). The molecule has 3 aliphatic rings. The minimum Gasteiger partial charge on any atom is -0.379 e. The van der Waals surface area contributed by atoms with Crippen LogP contribution in [0.15, 0.2) is 4.99 Å². The van der Waals surface area contributed by atoms with Gasteiger partial charge in [0.25, 0.3) is 0 Å². The number of hydrogen-bond donors (Lipinski definition) is 1. The van der Waals surface area contributed by atoms with E-state index in [1.807, 2.05) is 18.5 Å². The van der Waals surface area contributed by atoms with Gasteiger partial charge in [-0.15, -0.1) is 34.2 Å². The lowest BCUT2D eigenvalue weighted by Crippen LogP contribution is -2.43. The lowest BCUT2D eigenvalue weighted by atomic mass is 10.1. The van der Waals surface area contributed by atoms with Gasteiger partial charge in [-0.3, -0.25) is 9.80 Å². The van der Waals surface area contributed by atoms with Crippen molar-refractivity contribution in [3.8, 4) is 0 Å². The number of nitrogens with zero attached hydrogens (tertiary/aromatic N) is 7. The molecule has 0 saturated carbocycles. The average molecular weight is 577 g/mol. The van der Waals surface area contributed by atoms with Gasteiger partial charge in [-0.05, 0) is 32.2 Å². The molecule has 3 aliphatic heterocycles. The standard InChI is InChI=1S/C22H40N8O2.HI/c1-19-25-26-21(27(19)2)16-24-22(23-5-3-6-28-8-12-31-13-9-28)30-7-4-20(18-30)17-29-10-14-32-15-11-29;/h20H,3-18H2,1-2H3,(H,23,24);1H. The van der Waals surface area contributed by atoms with Crippen molar-refractivity contribution in [1.82, 2.24) is 34.8 Å². The molecule has 0 bridgehead atoms. The fraction of sp³-hybridized carbons (Fsp3) is 0.864. The summed E-state index contributed by atoms with van der Waals surface area (Å²) in [5.74, 6) is 3.52. The Bertz CT molecular complexity index is 734. The number of aromatic nitrogens is 3. The van der Waals surface area contributed by atoms with Crippen molar-refractivity contribution in [2.24, 2.45) is 18.0 Å². The minimum absolute atomic E-state index is 0. The molecule has 0 aromatic carbocycles. The van der Waals surface area contributed by atoms with Crippen LogP contribution in [-0.4, -0.2) is 121 Å². The van der Waals surface area contributed by atoms with Crippen molar-refractivity contribution < 1.29 is 9.47 Å². The van der Waals surface area contributed by atoms with E-state index in [0.717, 1.165) is 109 Å². The van der Waals surface area contributed by atoms with E-state index in [2.05, 4.69) is 30.2 Å². The second-order valence-electron chi connectivity index (χ2n) is 9.11. The number of likely N-dealkylation sites (tertiary alicyclic amines) is 1. The van der Waals surface area contributed by atoms with Crippen molar-refractivity contribution in [3.05, 3.63) is 11.6 Å². The number of morpholine rings is 2. The van der Waals surface area contributed by atoms with Gasteiger partial charge >= 0.3 is 0 Å². The molecular formula is C22H41IN8O2. The van der Waals surface area contributed by atoms with Crippen LogP contribution in [0.2, 0.25) is 0 Å². The third-order valence-electron chi connectivity index (χ3n) is 6.80. The van der Waals surface area contributed by atoms with Crippen LogP contribution in [0, 0.1) is 12.8 Å². The lowest BCUT2D eigenvalue weighted by molar-refractivity contribution is 0.0315. The van der Waals surface area contributed by atoms with Gasteiger partial charge in [0.1, 0.15) is 12.4 Å². The average Bonchev–Trinajstić information content (AvgIpc) is 3.41. The Morgan fingerprint density at radius 3 is 2.39 bits per heavy atom. The monoisotopic (exact) mass is 576 g/mol. The maximum Gasteiger partial charge on any atom is 0.194 e. The van der Waals surface area contributed by atoms with E-state index in [1.54, 1.807) is 0 Å². The van der Waals surface area contributed by atoms with Crippen LogP contribution in [0.5, 0.6) is 0 Å². The number of guanidine groups is 1. The highest BCUT2D eigenvalue weighted by molar-refractivity contribution is 14.0. The van der Waals surface area contributed by atoms with Gasteiger partial charge in [-0.1, -0.05) is 0 Å². The van der Waals surface area contributed by atoms with Crippen LogP contribution in [0.25, 0.3) is 0 Å². The van der Waals surface area contributed by atoms with Crippen LogP contribution >= 0.6 is 24.0 Å². The summed E-state index contributed by atoms with van der Waals surface area (Å²) in [6.07, 6.45) is 2.32. The highest BCUT2D eigenvalue weighted by Crippen LogP contribution is 2.18. The largest absolute Gasteiger partial charge is 0.379 e. The molecular weight excluding hydrogens is 535 g/mol. The predicted octanol–water partition coefficient (Wildman–Crippen LogP) is 0.564. The fourth-order valence-corrected chi connectivity index (χ4v) is 4.65. The van der Waals surface area contributed by atoms with Gasteiger partial charge in [-0.25, -0.2) is 4.99 Å². The quantitative estimate of drug-likeness (QED) is 0.208. The van der Waals surface area contributed by atoms with Crippen LogP contribution in [0.3, 0.4) is 0 Å². The normalized spacial score (nSPS) is 23.0. The topological polar surface area (TPSA) is 83.3 Å². The van der Waals surface area contributed by atoms with E-state index in [1.165, 1.54) is 6.42 Å². The van der Waals surface area contributed by atoms with E-state index in [0.29, 0.717) is 12.5 Å². The molecule has 1 atom stereocenters. The Balaban J connectivity index is 0.00000306. The molecule has 188 valence electrons. The maximum atomic E-state index is 5.50. The zero-order valence-corrected chi connectivity index (χ0v) is 22.6. The summed E-state index contributed by atoms with van der Waals surface area (Å²) in [6, 6.07) is 0. The molecule has 3 fully saturated rings. The molecule has 3 saturated heterocycles. The fourth-order valence-electron chi connectivity index (χ4n) is 4.65. The number of hydrogen-bond acceptors (Lipinski definition) is 7. The minimum atomic E-state index is 0. The first-order valence-corrected chi connectivity index (χ1v) is 12.2. The second kappa shape index (κ2) is 13.8. The Morgan fingerprint density at radius 2 is 1.73 bits per heavy atom. The second-order valence-corrected chi connectivity index (χ2v) is 9.11. The van der Waals surface area contributed by atoms with E-state index in [-0.39, 0.29) is 24.0 Å². The van der Waals surface area contributed by atoms with Gasteiger partial charge in [0.05, 0.1) is 26.4 Å². The summed E-state index contributed by atoms with van der Waals surface area (Å²) in [6.45, 7) is 15.5. The molecule has 0 radical (unpaired) electrons. The molecule has 10 nitrogen and oxygen atoms in total. The maximum absolute atomic E-state index is 5.50. The summed E-state index contributed by atoms with van der Waals surface area (Å²) >= 11 is 0. The highest BCUT2D eigenvalue weighted by Gasteiger charge is 2.27. The highest BCUT2D eigenvalue weighted by atomic mass is 127. The summed E-state index contributed by atoms with van der Waals surface area (Å²) in [7, 11) is 2.00. The van der Waals surface area contributed by atoms with E-state index in [9.17, 15) is 0 Å². The van der Waals surface area contributed by atoms with E-state index in [4.69, 9.17) is 14.5 Å². The van der Waals surface area contributed by atoms with E-state index < -0.39 is 0 Å². The first kappa shape index (κ1) is 26.6. The smallest absolute Gasteiger partial charge is 0.194 e.